The van der Waals surface area contributed by atoms with Crippen molar-refractivity contribution >= 4 is 27.5 Å². The Hall–Kier alpha value is -2.21. The van der Waals surface area contributed by atoms with Crippen molar-refractivity contribution in [2.75, 3.05) is 0 Å². The second-order valence-corrected chi connectivity index (χ2v) is 6.39. The Morgan fingerprint density at radius 3 is 2.83 bits per heavy atom. The number of carbonyl (C=O) groups is 1. The molecule has 1 aliphatic carbocycles. The molecule has 0 heterocycles. The molecule has 0 aromatic heterocycles. The summed E-state index contributed by atoms with van der Waals surface area (Å²) in [5.74, 6) is -0.290. The first kappa shape index (κ1) is 15.7. The minimum atomic E-state index is -0.503. The highest BCUT2D eigenvalue weighted by Gasteiger charge is 2.23. The van der Waals surface area contributed by atoms with Crippen molar-refractivity contribution in [1.82, 2.24) is 5.32 Å². The third kappa shape index (κ3) is 3.27. The SMILES string of the molecule is O=C(N[C@H]1CCCc2ccccc21)c1ccc(Br)c([N+](=O)[O-])c1. The number of halogens is 1. The number of hydrogen-bond donors (Lipinski definition) is 1. The summed E-state index contributed by atoms with van der Waals surface area (Å²) in [5.41, 5.74) is 2.58. The van der Waals surface area contributed by atoms with Crippen LogP contribution in [0.25, 0.3) is 0 Å². The van der Waals surface area contributed by atoms with Crippen LogP contribution in [0.1, 0.15) is 40.4 Å². The summed E-state index contributed by atoms with van der Waals surface area (Å²) in [7, 11) is 0. The van der Waals surface area contributed by atoms with Gasteiger partial charge in [-0.05, 0) is 58.5 Å². The fourth-order valence-electron chi connectivity index (χ4n) is 2.94. The molecule has 0 fully saturated rings. The number of hydrogen-bond acceptors (Lipinski definition) is 3. The molecule has 2 aromatic carbocycles. The number of amides is 1. The molecule has 1 aliphatic rings. The quantitative estimate of drug-likeness (QED) is 0.647. The van der Waals surface area contributed by atoms with Crippen LogP contribution in [0, 0.1) is 10.1 Å². The van der Waals surface area contributed by atoms with Gasteiger partial charge in [0, 0.05) is 11.6 Å². The van der Waals surface area contributed by atoms with Gasteiger partial charge in [-0.1, -0.05) is 24.3 Å². The van der Waals surface area contributed by atoms with Crippen molar-refractivity contribution in [2.24, 2.45) is 0 Å². The highest BCUT2D eigenvalue weighted by Crippen LogP contribution is 2.30. The van der Waals surface area contributed by atoms with Gasteiger partial charge in [0.05, 0.1) is 15.4 Å². The number of fused-ring (bicyclic) bond motifs is 1. The van der Waals surface area contributed by atoms with Gasteiger partial charge in [0.25, 0.3) is 11.6 Å². The maximum absolute atomic E-state index is 12.5. The Morgan fingerprint density at radius 1 is 1.26 bits per heavy atom. The van der Waals surface area contributed by atoms with Crippen molar-refractivity contribution in [3.05, 3.63) is 73.7 Å². The van der Waals surface area contributed by atoms with Crippen molar-refractivity contribution in [3.8, 4) is 0 Å². The van der Waals surface area contributed by atoms with Crippen LogP contribution in [-0.2, 0) is 6.42 Å². The maximum atomic E-state index is 12.5. The van der Waals surface area contributed by atoms with E-state index in [1.165, 1.54) is 17.7 Å². The fraction of sp³-hybridized carbons (Fsp3) is 0.235. The van der Waals surface area contributed by atoms with Crippen molar-refractivity contribution in [3.63, 3.8) is 0 Å². The lowest BCUT2D eigenvalue weighted by Gasteiger charge is -2.26. The molecule has 1 atom stereocenters. The van der Waals surface area contributed by atoms with Gasteiger partial charge in [-0.3, -0.25) is 14.9 Å². The van der Waals surface area contributed by atoms with E-state index in [-0.39, 0.29) is 17.6 Å². The zero-order valence-electron chi connectivity index (χ0n) is 12.3. The zero-order valence-corrected chi connectivity index (χ0v) is 13.9. The number of nitro benzene ring substituents is 1. The number of aryl methyl sites for hydroxylation is 1. The molecule has 23 heavy (non-hydrogen) atoms. The van der Waals surface area contributed by atoms with Crippen LogP contribution < -0.4 is 5.32 Å². The van der Waals surface area contributed by atoms with Crippen molar-refractivity contribution in [1.29, 1.82) is 0 Å². The molecule has 0 spiro atoms. The van der Waals surface area contributed by atoms with E-state index in [2.05, 4.69) is 27.3 Å². The number of nitrogens with zero attached hydrogens (tertiary/aromatic N) is 1. The average molecular weight is 375 g/mol. The average Bonchev–Trinajstić information content (AvgIpc) is 2.55. The van der Waals surface area contributed by atoms with E-state index in [0.29, 0.717) is 10.0 Å². The smallest absolute Gasteiger partial charge is 0.284 e. The van der Waals surface area contributed by atoms with Gasteiger partial charge in [-0.2, -0.15) is 0 Å². The topological polar surface area (TPSA) is 72.2 Å². The molecule has 3 rings (SSSR count). The van der Waals surface area contributed by atoms with E-state index >= 15 is 0 Å². The van der Waals surface area contributed by atoms with Crippen LogP contribution in [0.2, 0.25) is 0 Å². The Morgan fingerprint density at radius 2 is 2.04 bits per heavy atom. The van der Waals surface area contributed by atoms with E-state index < -0.39 is 4.92 Å². The first-order valence-corrected chi connectivity index (χ1v) is 8.18. The molecule has 1 N–H and O–H groups in total. The largest absolute Gasteiger partial charge is 0.345 e. The van der Waals surface area contributed by atoms with E-state index in [1.807, 2.05) is 18.2 Å². The first-order chi connectivity index (χ1) is 11.1. The number of nitro groups is 1. The number of benzene rings is 2. The Bertz CT molecular complexity index is 776. The number of rotatable bonds is 3. The Balaban J connectivity index is 1.83. The van der Waals surface area contributed by atoms with Crippen molar-refractivity contribution < 1.29 is 9.72 Å². The Kier molecular flexibility index (Phi) is 4.43. The predicted molar refractivity (Wildman–Crippen MR) is 90.4 cm³/mol. The summed E-state index contributed by atoms with van der Waals surface area (Å²) in [5, 5.41) is 14.0. The van der Waals surface area contributed by atoms with E-state index in [4.69, 9.17) is 0 Å². The molecule has 0 radical (unpaired) electrons. The molecule has 0 saturated carbocycles. The van der Waals surface area contributed by atoms with Gasteiger partial charge >= 0.3 is 0 Å². The lowest BCUT2D eigenvalue weighted by Crippen LogP contribution is -2.31. The monoisotopic (exact) mass is 374 g/mol. The van der Waals surface area contributed by atoms with E-state index in [0.717, 1.165) is 24.8 Å². The van der Waals surface area contributed by atoms with Gasteiger partial charge in [0.15, 0.2) is 0 Å². The molecule has 118 valence electrons. The van der Waals surface area contributed by atoms with Gasteiger partial charge in [0.2, 0.25) is 0 Å². The molecular formula is C17H15BrN2O3. The summed E-state index contributed by atoms with van der Waals surface area (Å²) >= 11 is 3.13. The van der Waals surface area contributed by atoms with Crippen LogP contribution in [0.15, 0.2) is 46.9 Å². The fourth-order valence-corrected chi connectivity index (χ4v) is 3.33. The van der Waals surface area contributed by atoms with Crippen LogP contribution in [0.5, 0.6) is 0 Å². The molecule has 0 saturated heterocycles. The second-order valence-electron chi connectivity index (χ2n) is 5.54. The maximum Gasteiger partial charge on any atom is 0.284 e. The lowest BCUT2D eigenvalue weighted by atomic mass is 9.87. The van der Waals surface area contributed by atoms with Gasteiger partial charge in [-0.25, -0.2) is 0 Å². The highest BCUT2D eigenvalue weighted by atomic mass is 79.9. The van der Waals surface area contributed by atoms with Gasteiger partial charge in [-0.15, -0.1) is 0 Å². The summed E-state index contributed by atoms with van der Waals surface area (Å²) in [6.07, 6.45) is 2.91. The van der Waals surface area contributed by atoms with Gasteiger partial charge in [0.1, 0.15) is 0 Å². The predicted octanol–water partition coefficient (Wildman–Crippen LogP) is 4.16. The summed E-state index contributed by atoms with van der Waals surface area (Å²) in [6, 6.07) is 12.4. The summed E-state index contributed by atoms with van der Waals surface area (Å²) < 4.78 is 0.363. The minimum absolute atomic E-state index is 0.0462. The molecule has 1 amide bonds. The van der Waals surface area contributed by atoms with Crippen LogP contribution in [0.4, 0.5) is 5.69 Å². The molecule has 0 unspecified atom stereocenters. The van der Waals surface area contributed by atoms with Crippen molar-refractivity contribution in [2.45, 2.75) is 25.3 Å². The molecule has 6 heteroatoms. The van der Waals surface area contributed by atoms with E-state index in [9.17, 15) is 14.9 Å². The van der Waals surface area contributed by atoms with E-state index in [1.54, 1.807) is 6.07 Å². The molecule has 0 aliphatic heterocycles. The van der Waals surface area contributed by atoms with Crippen LogP contribution in [0.3, 0.4) is 0 Å². The zero-order chi connectivity index (χ0) is 16.4. The second kappa shape index (κ2) is 6.50. The lowest BCUT2D eigenvalue weighted by molar-refractivity contribution is -0.385. The summed E-state index contributed by atoms with van der Waals surface area (Å²) in [6.45, 7) is 0. The number of carbonyl (C=O) groups excluding carboxylic acids is 1. The molecular weight excluding hydrogens is 360 g/mol. The highest BCUT2D eigenvalue weighted by molar-refractivity contribution is 9.10. The first-order valence-electron chi connectivity index (χ1n) is 7.39. The normalized spacial score (nSPS) is 16.5. The third-order valence-corrected chi connectivity index (χ3v) is 4.75. The minimum Gasteiger partial charge on any atom is -0.345 e. The summed E-state index contributed by atoms with van der Waals surface area (Å²) in [4.78, 5) is 23.0. The molecule has 5 nitrogen and oxygen atoms in total. The third-order valence-electron chi connectivity index (χ3n) is 4.08. The Labute approximate surface area is 142 Å². The number of nitrogens with one attached hydrogen (secondary N) is 1. The van der Waals surface area contributed by atoms with Crippen LogP contribution in [-0.4, -0.2) is 10.8 Å². The van der Waals surface area contributed by atoms with Gasteiger partial charge < -0.3 is 5.32 Å². The standard InChI is InChI=1S/C17H15BrN2O3/c18-14-9-8-12(10-16(14)20(22)23)17(21)19-15-7-3-5-11-4-1-2-6-13(11)15/h1-2,4,6,8-10,15H,3,5,7H2,(H,19,21)/t15-/m0/s1. The molecule has 2 aromatic rings. The van der Waals surface area contributed by atoms with Crippen LogP contribution >= 0.6 is 15.9 Å². The molecule has 0 bridgehead atoms.